The van der Waals surface area contributed by atoms with E-state index in [9.17, 15) is 22.8 Å². The lowest BCUT2D eigenvalue weighted by molar-refractivity contribution is -0.137. The molecular weight excluding hydrogens is 491 g/mol. The van der Waals surface area contributed by atoms with Crippen molar-refractivity contribution in [2.45, 2.75) is 6.18 Å². The molecular formula is C24H22F3N7O3. The Bertz CT molecular complexity index is 1490. The van der Waals surface area contributed by atoms with Crippen LogP contribution in [0.25, 0.3) is 16.7 Å². The van der Waals surface area contributed by atoms with Gasteiger partial charge in [-0.2, -0.15) is 13.2 Å². The molecule has 0 aliphatic carbocycles. The molecule has 0 atom stereocenters. The first kappa shape index (κ1) is 25.4. The van der Waals surface area contributed by atoms with E-state index in [0.717, 1.165) is 18.2 Å². The summed E-state index contributed by atoms with van der Waals surface area (Å²) in [4.78, 5) is 32.8. The number of hydrogen-bond acceptors (Lipinski definition) is 7. The molecule has 2 amide bonds. The summed E-state index contributed by atoms with van der Waals surface area (Å²) in [5.41, 5.74) is 5.76. The summed E-state index contributed by atoms with van der Waals surface area (Å²) < 4.78 is 46.7. The largest absolute Gasteiger partial charge is 0.490 e. The fourth-order valence-electron chi connectivity index (χ4n) is 3.50. The van der Waals surface area contributed by atoms with Crippen LogP contribution in [0.1, 0.15) is 5.56 Å². The average Bonchev–Trinajstić information content (AvgIpc) is 2.85. The number of amides is 2. The van der Waals surface area contributed by atoms with Crippen LogP contribution in [0, 0.1) is 0 Å². The van der Waals surface area contributed by atoms with Gasteiger partial charge in [0.15, 0.2) is 11.1 Å². The molecule has 4 rings (SSSR count). The monoisotopic (exact) mass is 513 g/mol. The number of alkyl halides is 3. The molecule has 10 nitrogen and oxygen atoms in total. The van der Waals surface area contributed by atoms with Gasteiger partial charge >= 0.3 is 12.2 Å². The second-order valence-corrected chi connectivity index (χ2v) is 7.79. The standard InChI is InChI=1S/C24H22F3N7O3/c1-29-9-11-37-19-7-2-14(24(25,26)27)12-17(19)33-23(36)32-15-3-5-16(6-4-15)34-10-8-18(35)20-21(28)30-13-31-22(20)34/h2-8,10,12-13,29H,9,11H2,1H3,(H2,28,30,31)(H2,32,33,36). The lowest BCUT2D eigenvalue weighted by atomic mass is 10.2. The highest BCUT2D eigenvalue weighted by Gasteiger charge is 2.31. The molecule has 0 spiro atoms. The van der Waals surface area contributed by atoms with Crippen molar-refractivity contribution in [3.05, 3.63) is 76.8 Å². The third kappa shape index (κ3) is 5.78. The van der Waals surface area contributed by atoms with Gasteiger partial charge in [-0.05, 0) is 49.5 Å². The number of fused-ring (bicyclic) bond motifs is 1. The second-order valence-electron chi connectivity index (χ2n) is 7.79. The van der Waals surface area contributed by atoms with Crippen LogP contribution in [-0.4, -0.2) is 40.8 Å². The Hall–Kier alpha value is -4.65. The Kier molecular flexibility index (Phi) is 7.25. The summed E-state index contributed by atoms with van der Waals surface area (Å²) in [6.45, 7) is 0.651. The SMILES string of the molecule is CNCCOc1ccc(C(F)(F)F)cc1NC(=O)Nc1ccc(-n2ccc(=O)c3c(N)ncnc32)cc1. The van der Waals surface area contributed by atoms with Crippen LogP contribution >= 0.6 is 0 Å². The van der Waals surface area contributed by atoms with E-state index in [1.54, 1.807) is 35.9 Å². The van der Waals surface area contributed by atoms with E-state index in [1.165, 1.54) is 18.6 Å². The van der Waals surface area contributed by atoms with Gasteiger partial charge in [0.1, 0.15) is 29.9 Å². The van der Waals surface area contributed by atoms with Gasteiger partial charge in [0, 0.05) is 30.2 Å². The number of benzene rings is 2. The zero-order valence-corrected chi connectivity index (χ0v) is 19.5. The number of nitrogens with two attached hydrogens (primary N) is 1. The average molecular weight is 513 g/mol. The molecule has 0 aliphatic rings. The van der Waals surface area contributed by atoms with Crippen LogP contribution in [0.3, 0.4) is 0 Å². The summed E-state index contributed by atoms with van der Waals surface area (Å²) in [5.74, 6) is 0.156. The minimum Gasteiger partial charge on any atom is -0.490 e. The molecule has 0 saturated heterocycles. The van der Waals surface area contributed by atoms with Crippen molar-refractivity contribution < 1.29 is 22.7 Å². The van der Waals surface area contributed by atoms with Crippen LogP contribution < -0.4 is 31.8 Å². The minimum atomic E-state index is -4.59. The topological polar surface area (TPSA) is 136 Å². The molecule has 2 heterocycles. The van der Waals surface area contributed by atoms with Crippen LogP contribution in [0.2, 0.25) is 0 Å². The Morgan fingerprint density at radius 1 is 1.08 bits per heavy atom. The van der Waals surface area contributed by atoms with E-state index in [2.05, 4.69) is 25.9 Å². The van der Waals surface area contributed by atoms with Crippen molar-refractivity contribution in [3.63, 3.8) is 0 Å². The van der Waals surface area contributed by atoms with Crippen molar-refractivity contribution in [3.8, 4) is 11.4 Å². The van der Waals surface area contributed by atoms with E-state index < -0.39 is 17.8 Å². The Morgan fingerprint density at radius 3 is 2.54 bits per heavy atom. The van der Waals surface area contributed by atoms with Gasteiger partial charge in [0.25, 0.3) is 0 Å². The van der Waals surface area contributed by atoms with E-state index in [4.69, 9.17) is 10.5 Å². The van der Waals surface area contributed by atoms with Gasteiger partial charge in [-0.15, -0.1) is 0 Å². The number of halogens is 3. The molecule has 192 valence electrons. The molecule has 2 aromatic heterocycles. The number of nitrogen functional groups attached to an aromatic ring is 1. The van der Waals surface area contributed by atoms with Gasteiger partial charge in [-0.3, -0.25) is 4.79 Å². The first-order chi connectivity index (χ1) is 17.7. The number of nitrogens with one attached hydrogen (secondary N) is 3. The fourth-order valence-corrected chi connectivity index (χ4v) is 3.50. The quantitative estimate of drug-likeness (QED) is 0.277. The molecule has 0 saturated carbocycles. The highest BCUT2D eigenvalue weighted by Crippen LogP contribution is 2.35. The van der Waals surface area contributed by atoms with E-state index >= 15 is 0 Å². The van der Waals surface area contributed by atoms with Crippen molar-refractivity contribution in [1.82, 2.24) is 19.9 Å². The fraction of sp³-hybridized carbons (Fsp3) is 0.167. The van der Waals surface area contributed by atoms with Crippen molar-refractivity contribution in [2.24, 2.45) is 0 Å². The van der Waals surface area contributed by atoms with Gasteiger partial charge in [0.05, 0.1) is 11.3 Å². The highest BCUT2D eigenvalue weighted by atomic mass is 19.4. The first-order valence-corrected chi connectivity index (χ1v) is 11.0. The summed E-state index contributed by atoms with van der Waals surface area (Å²) >= 11 is 0. The summed E-state index contributed by atoms with van der Waals surface area (Å²) in [7, 11) is 1.71. The normalized spacial score (nSPS) is 11.4. The minimum absolute atomic E-state index is 0.0585. The number of hydrogen-bond donors (Lipinski definition) is 4. The number of ether oxygens (including phenoxy) is 1. The molecule has 0 bridgehead atoms. The zero-order chi connectivity index (χ0) is 26.6. The van der Waals surface area contributed by atoms with E-state index in [1.807, 2.05) is 0 Å². The molecule has 13 heteroatoms. The van der Waals surface area contributed by atoms with E-state index in [0.29, 0.717) is 23.6 Å². The molecule has 2 aromatic carbocycles. The predicted octanol–water partition coefficient (Wildman–Crippen LogP) is 3.62. The molecule has 0 fully saturated rings. The maximum Gasteiger partial charge on any atom is 0.416 e. The maximum absolute atomic E-state index is 13.2. The zero-order valence-electron chi connectivity index (χ0n) is 19.5. The van der Waals surface area contributed by atoms with Gasteiger partial charge < -0.3 is 31.0 Å². The Labute approximate surface area is 208 Å². The lowest BCUT2D eigenvalue weighted by Gasteiger charge is -2.16. The van der Waals surface area contributed by atoms with E-state index in [-0.39, 0.29) is 34.7 Å². The van der Waals surface area contributed by atoms with Gasteiger partial charge in [-0.25, -0.2) is 14.8 Å². The van der Waals surface area contributed by atoms with Crippen LogP contribution in [0.4, 0.5) is 35.2 Å². The van der Waals surface area contributed by atoms with Crippen molar-refractivity contribution in [1.29, 1.82) is 0 Å². The second kappa shape index (κ2) is 10.5. The Morgan fingerprint density at radius 2 is 1.84 bits per heavy atom. The third-order valence-corrected chi connectivity index (χ3v) is 5.27. The molecule has 0 aliphatic heterocycles. The number of anilines is 3. The number of nitrogens with zero attached hydrogens (tertiary/aromatic N) is 3. The lowest BCUT2D eigenvalue weighted by Crippen LogP contribution is -2.21. The number of likely N-dealkylation sites (N-methyl/N-ethyl adjacent to an activating group) is 1. The number of carbonyl (C=O) groups excluding carboxylic acids is 1. The summed E-state index contributed by atoms with van der Waals surface area (Å²) in [5, 5.41) is 8.03. The third-order valence-electron chi connectivity index (χ3n) is 5.27. The summed E-state index contributed by atoms with van der Waals surface area (Å²) in [6.07, 6.45) is -1.80. The maximum atomic E-state index is 13.2. The summed E-state index contributed by atoms with van der Waals surface area (Å²) in [6, 6.07) is 9.92. The highest BCUT2D eigenvalue weighted by molar-refractivity contribution is 6.00. The molecule has 0 radical (unpaired) electrons. The molecule has 4 aromatic rings. The molecule has 0 unspecified atom stereocenters. The molecule has 5 N–H and O–H groups in total. The Balaban J connectivity index is 1.53. The predicted molar refractivity (Wildman–Crippen MR) is 133 cm³/mol. The molecule has 37 heavy (non-hydrogen) atoms. The number of urea groups is 1. The van der Waals surface area contributed by atoms with Crippen LogP contribution in [-0.2, 0) is 6.18 Å². The number of aromatic nitrogens is 3. The van der Waals surface area contributed by atoms with Crippen LogP contribution in [0.5, 0.6) is 5.75 Å². The van der Waals surface area contributed by atoms with Gasteiger partial charge in [-0.1, -0.05) is 0 Å². The first-order valence-electron chi connectivity index (χ1n) is 11.0. The smallest absolute Gasteiger partial charge is 0.416 e. The van der Waals surface area contributed by atoms with Gasteiger partial charge in [0.2, 0.25) is 0 Å². The number of pyridine rings is 1. The number of rotatable bonds is 7. The number of carbonyl (C=O) groups is 1. The van der Waals surface area contributed by atoms with Crippen LogP contribution in [0.15, 0.2) is 65.8 Å². The van der Waals surface area contributed by atoms with Crippen molar-refractivity contribution >= 4 is 34.3 Å². The van der Waals surface area contributed by atoms with Crippen molar-refractivity contribution in [2.75, 3.05) is 36.6 Å².